The maximum absolute atomic E-state index is 4.09. The van der Waals surface area contributed by atoms with Crippen molar-refractivity contribution in [1.82, 2.24) is 0 Å². The van der Waals surface area contributed by atoms with Crippen molar-refractivity contribution in [3.8, 4) is 11.1 Å². The van der Waals surface area contributed by atoms with Gasteiger partial charge in [0.05, 0.1) is 5.69 Å². The van der Waals surface area contributed by atoms with E-state index < -0.39 is 0 Å². The second kappa shape index (κ2) is 8.72. The van der Waals surface area contributed by atoms with Crippen LogP contribution in [0.5, 0.6) is 0 Å². The molecule has 0 unspecified atom stereocenters. The lowest BCUT2D eigenvalue weighted by atomic mass is 9.90. The molecule has 5 rings (SSSR count). The van der Waals surface area contributed by atoms with Crippen molar-refractivity contribution in [2.24, 2.45) is 0 Å². The number of hydrogen-bond donors (Lipinski definition) is 0. The predicted molar refractivity (Wildman–Crippen MR) is 137 cm³/mol. The van der Waals surface area contributed by atoms with Crippen LogP contribution in [0, 0.1) is 0 Å². The Kier molecular flexibility index (Phi) is 5.47. The monoisotopic (exact) mass is 413 g/mol. The fourth-order valence-electron chi connectivity index (χ4n) is 4.92. The van der Waals surface area contributed by atoms with E-state index in [-0.39, 0.29) is 0 Å². The van der Waals surface area contributed by atoms with Gasteiger partial charge in [-0.05, 0) is 83.0 Å². The molecule has 4 aromatic rings. The van der Waals surface area contributed by atoms with Crippen molar-refractivity contribution in [3.63, 3.8) is 0 Å². The Labute approximate surface area is 191 Å². The Balaban J connectivity index is 1.83. The zero-order valence-electron chi connectivity index (χ0n) is 18.3. The number of benzene rings is 4. The fraction of sp³-hybridized carbons (Fsp3) is 0.0968. The lowest BCUT2D eigenvalue weighted by Gasteiger charge is -2.30. The van der Waals surface area contributed by atoms with Crippen LogP contribution in [-0.2, 0) is 19.3 Å². The van der Waals surface area contributed by atoms with Crippen molar-refractivity contribution in [1.29, 1.82) is 0 Å². The van der Waals surface area contributed by atoms with Crippen LogP contribution in [0.25, 0.3) is 11.1 Å². The number of allylic oxidation sites excluding steroid dienone is 2. The fourth-order valence-corrected chi connectivity index (χ4v) is 4.92. The van der Waals surface area contributed by atoms with Crippen LogP contribution in [0.15, 0.2) is 116 Å². The molecule has 156 valence electrons. The zero-order chi connectivity index (χ0) is 21.9. The van der Waals surface area contributed by atoms with E-state index in [1.54, 1.807) is 0 Å². The summed E-state index contributed by atoms with van der Waals surface area (Å²) in [6.45, 7) is 8.18. The topological polar surface area (TPSA) is 3.24 Å². The average molecular weight is 414 g/mol. The van der Waals surface area contributed by atoms with Crippen LogP contribution in [0.4, 0.5) is 17.1 Å². The summed E-state index contributed by atoms with van der Waals surface area (Å²) in [6.07, 6.45) is 6.71. The van der Waals surface area contributed by atoms with Crippen molar-refractivity contribution in [2.75, 3.05) is 4.90 Å². The van der Waals surface area contributed by atoms with Crippen molar-refractivity contribution >= 4 is 17.1 Å². The van der Waals surface area contributed by atoms with Crippen molar-refractivity contribution in [3.05, 3.63) is 139 Å². The highest BCUT2D eigenvalue weighted by atomic mass is 15.1. The second-order valence-electron chi connectivity index (χ2n) is 8.20. The van der Waals surface area contributed by atoms with E-state index >= 15 is 0 Å². The molecule has 32 heavy (non-hydrogen) atoms. The van der Waals surface area contributed by atoms with Crippen molar-refractivity contribution < 1.29 is 0 Å². The highest BCUT2D eigenvalue weighted by Crippen LogP contribution is 2.46. The number of anilines is 3. The molecule has 0 saturated carbocycles. The van der Waals surface area contributed by atoms with E-state index in [1.807, 2.05) is 12.2 Å². The van der Waals surface area contributed by atoms with Crippen molar-refractivity contribution in [2.45, 2.75) is 19.3 Å². The SMILES string of the molecule is C=CCc1c(N(c2ccccc2)c2ccccc2)cc2c(c1CC=C)Cc1ccccc1-2. The summed E-state index contributed by atoms with van der Waals surface area (Å²) in [5.41, 5.74) is 11.8. The second-order valence-corrected chi connectivity index (χ2v) is 8.20. The predicted octanol–water partition coefficient (Wildman–Crippen LogP) is 8.18. The van der Waals surface area contributed by atoms with Gasteiger partial charge in [0.1, 0.15) is 0 Å². The average Bonchev–Trinajstić information content (AvgIpc) is 3.21. The molecule has 1 aliphatic carbocycles. The molecule has 4 aromatic carbocycles. The Morgan fingerprint density at radius 1 is 0.656 bits per heavy atom. The first-order valence-corrected chi connectivity index (χ1v) is 11.2. The van der Waals surface area contributed by atoms with Gasteiger partial charge in [-0.1, -0.05) is 72.8 Å². The molecule has 0 spiro atoms. The molecule has 1 nitrogen and oxygen atoms in total. The van der Waals surface area contributed by atoms with E-state index in [4.69, 9.17) is 0 Å². The van der Waals surface area contributed by atoms with E-state index in [9.17, 15) is 0 Å². The van der Waals surface area contributed by atoms with Crippen LogP contribution in [0.3, 0.4) is 0 Å². The Morgan fingerprint density at radius 2 is 1.22 bits per heavy atom. The number of fused-ring (bicyclic) bond motifs is 3. The Bertz CT molecular complexity index is 1230. The minimum absolute atomic E-state index is 0.818. The third kappa shape index (κ3) is 3.46. The molecule has 0 bridgehead atoms. The Hall–Kier alpha value is -3.84. The number of hydrogen-bond acceptors (Lipinski definition) is 1. The molecular formula is C31H27N. The summed E-state index contributed by atoms with van der Waals surface area (Å²) >= 11 is 0. The van der Waals surface area contributed by atoms with Gasteiger partial charge in [0.25, 0.3) is 0 Å². The lowest BCUT2D eigenvalue weighted by molar-refractivity contribution is 1.08. The van der Waals surface area contributed by atoms with Gasteiger partial charge >= 0.3 is 0 Å². The standard InChI is InChI=1S/C31H27N/c1-3-13-27-28(14-4-2)31(22-30-26-20-12-11-15-23(26)21-29(27)30)32(24-16-7-5-8-17-24)25-18-9-6-10-19-25/h3-12,15-20,22H,1-2,13-14,21H2. The van der Waals surface area contributed by atoms with Crippen LogP contribution < -0.4 is 4.90 Å². The summed E-state index contributed by atoms with van der Waals surface area (Å²) in [6, 6.07) is 32.5. The van der Waals surface area contributed by atoms with E-state index in [0.717, 1.165) is 30.6 Å². The normalized spacial score (nSPS) is 11.5. The van der Waals surface area contributed by atoms with Gasteiger partial charge in [-0.15, -0.1) is 13.2 Å². The summed E-state index contributed by atoms with van der Waals surface area (Å²) < 4.78 is 0. The maximum Gasteiger partial charge on any atom is 0.0506 e. The van der Waals surface area contributed by atoms with E-state index in [1.165, 1.54) is 39.1 Å². The molecule has 1 aliphatic rings. The zero-order valence-corrected chi connectivity index (χ0v) is 18.3. The quantitative estimate of drug-likeness (QED) is 0.243. The largest absolute Gasteiger partial charge is 0.310 e. The molecule has 0 saturated heterocycles. The van der Waals surface area contributed by atoms with Gasteiger partial charge < -0.3 is 4.90 Å². The molecule has 0 radical (unpaired) electrons. The van der Waals surface area contributed by atoms with Gasteiger partial charge in [-0.3, -0.25) is 0 Å². The summed E-state index contributed by atoms with van der Waals surface area (Å²) in [4.78, 5) is 2.38. The first kappa shape index (κ1) is 20.1. The number of rotatable bonds is 7. The summed E-state index contributed by atoms with van der Waals surface area (Å²) in [7, 11) is 0. The maximum atomic E-state index is 4.09. The minimum atomic E-state index is 0.818. The van der Waals surface area contributed by atoms with Crippen LogP contribution >= 0.6 is 0 Å². The third-order valence-corrected chi connectivity index (χ3v) is 6.29. The third-order valence-electron chi connectivity index (χ3n) is 6.29. The van der Waals surface area contributed by atoms with Gasteiger partial charge in [0.15, 0.2) is 0 Å². The highest BCUT2D eigenvalue weighted by Gasteiger charge is 2.27. The first-order valence-electron chi connectivity index (χ1n) is 11.2. The number of nitrogens with zero attached hydrogens (tertiary/aromatic N) is 1. The highest BCUT2D eigenvalue weighted by molar-refractivity contribution is 5.87. The molecule has 0 N–H and O–H groups in total. The molecule has 0 fully saturated rings. The van der Waals surface area contributed by atoms with Crippen LogP contribution in [0.1, 0.15) is 22.3 Å². The molecule has 0 amide bonds. The van der Waals surface area contributed by atoms with Crippen LogP contribution in [-0.4, -0.2) is 0 Å². The van der Waals surface area contributed by atoms with Crippen LogP contribution in [0.2, 0.25) is 0 Å². The summed E-state index contributed by atoms with van der Waals surface area (Å²) in [5, 5.41) is 0. The molecule has 0 aromatic heterocycles. The van der Waals surface area contributed by atoms with Gasteiger partial charge in [-0.25, -0.2) is 0 Å². The Morgan fingerprint density at radius 3 is 1.84 bits per heavy atom. The van der Waals surface area contributed by atoms with Gasteiger partial charge in [0, 0.05) is 11.4 Å². The molecule has 1 heteroatoms. The van der Waals surface area contributed by atoms with Gasteiger partial charge in [-0.2, -0.15) is 0 Å². The smallest absolute Gasteiger partial charge is 0.0506 e. The van der Waals surface area contributed by atoms with E-state index in [0.29, 0.717) is 0 Å². The summed E-state index contributed by atoms with van der Waals surface area (Å²) in [5.74, 6) is 0. The molecule has 0 heterocycles. The van der Waals surface area contributed by atoms with Gasteiger partial charge in [0.2, 0.25) is 0 Å². The number of para-hydroxylation sites is 2. The molecular weight excluding hydrogens is 386 g/mol. The minimum Gasteiger partial charge on any atom is -0.310 e. The lowest BCUT2D eigenvalue weighted by Crippen LogP contribution is -2.14. The molecule has 0 aliphatic heterocycles. The molecule has 0 atom stereocenters. The first-order chi connectivity index (χ1) is 15.8. The van der Waals surface area contributed by atoms with E-state index in [2.05, 4.69) is 109 Å².